The summed E-state index contributed by atoms with van der Waals surface area (Å²) < 4.78 is 4.43. The molecular weight excluding hydrogens is 274 g/mol. The van der Waals surface area contributed by atoms with Crippen LogP contribution in [-0.2, 0) is 0 Å². The van der Waals surface area contributed by atoms with Gasteiger partial charge in [-0.15, -0.1) is 11.3 Å². The summed E-state index contributed by atoms with van der Waals surface area (Å²) >= 11 is 9.22. The molecule has 0 saturated heterocycles. The lowest BCUT2D eigenvalue weighted by Gasteiger charge is -2.04. The van der Waals surface area contributed by atoms with Gasteiger partial charge in [-0.2, -0.15) is 0 Å². The second kappa shape index (κ2) is 4.60. The van der Waals surface area contributed by atoms with Gasteiger partial charge in [0.2, 0.25) is 0 Å². The van der Waals surface area contributed by atoms with Gasteiger partial charge < -0.3 is 9.71 Å². The Kier molecular flexibility index (Phi) is 2.96. The van der Waals surface area contributed by atoms with E-state index in [1.165, 1.54) is 0 Å². The van der Waals surface area contributed by atoms with E-state index in [0.717, 1.165) is 25.8 Å². The number of aromatic nitrogens is 2. The molecule has 0 unspecified atom stereocenters. The molecule has 0 aliphatic heterocycles. The summed E-state index contributed by atoms with van der Waals surface area (Å²) in [5.41, 5.74) is 3.86. The van der Waals surface area contributed by atoms with E-state index in [0.29, 0.717) is 0 Å². The predicted octanol–water partition coefficient (Wildman–Crippen LogP) is 4.40. The summed E-state index contributed by atoms with van der Waals surface area (Å²) in [5.74, 6) is 0. The number of fused-ring (bicyclic) bond motifs is 1. The molecule has 0 amide bonds. The van der Waals surface area contributed by atoms with Gasteiger partial charge in [0.05, 0.1) is 27.9 Å². The largest absolute Gasteiger partial charge is 0.358 e. The minimum absolute atomic E-state index is 0.742. The van der Waals surface area contributed by atoms with Gasteiger partial charge in [-0.05, 0) is 18.0 Å². The molecule has 2 heterocycles. The Labute approximate surface area is 111 Å². The SMILES string of the molecule is Clc1c[nH]c2c(NSc3cncs3)cccc12. The number of rotatable bonds is 3. The fourth-order valence-corrected chi connectivity index (χ4v) is 3.07. The van der Waals surface area contributed by atoms with Crippen LogP contribution >= 0.6 is 34.9 Å². The monoisotopic (exact) mass is 281 g/mol. The number of anilines is 1. The van der Waals surface area contributed by atoms with E-state index < -0.39 is 0 Å². The molecule has 17 heavy (non-hydrogen) atoms. The zero-order valence-electron chi connectivity index (χ0n) is 8.61. The van der Waals surface area contributed by atoms with Crippen LogP contribution < -0.4 is 4.72 Å². The van der Waals surface area contributed by atoms with Crippen LogP contribution in [0.4, 0.5) is 5.69 Å². The van der Waals surface area contributed by atoms with E-state index in [4.69, 9.17) is 11.6 Å². The molecule has 2 aromatic heterocycles. The lowest BCUT2D eigenvalue weighted by molar-refractivity contribution is 1.38. The van der Waals surface area contributed by atoms with Crippen molar-refractivity contribution in [3.05, 3.63) is 41.1 Å². The van der Waals surface area contributed by atoms with Crippen molar-refractivity contribution in [3.63, 3.8) is 0 Å². The first-order chi connectivity index (χ1) is 8.34. The molecule has 86 valence electrons. The summed E-state index contributed by atoms with van der Waals surface area (Å²) in [6.07, 6.45) is 3.64. The lowest BCUT2D eigenvalue weighted by atomic mass is 10.2. The predicted molar refractivity (Wildman–Crippen MR) is 74.9 cm³/mol. The number of nitrogens with one attached hydrogen (secondary N) is 2. The molecule has 3 nitrogen and oxygen atoms in total. The summed E-state index contributed by atoms with van der Waals surface area (Å²) in [6, 6.07) is 6.00. The third kappa shape index (κ3) is 2.13. The molecule has 0 atom stereocenters. The molecule has 0 saturated carbocycles. The van der Waals surface area contributed by atoms with Crippen molar-refractivity contribution >= 4 is 51.5 Å². The number of hydrogen-bond acceptors (Lipinski definition) is 4. The number of halogens is 1. The average molecular weight is 282 g/mol. The number of hydrogen-bond donors (Lipinski definition) is 2. The number of H-pyrrole nitrogens is 1. The smallest absolute Gasteiger partial charge is 0.101 e. The molecule has 0 radical (unpaired) electrons. The average Bonchev–Trinajstić information content (AvgIpc) is 2.97. The zero-order valence-corrected chi connectivity index (χ0v) is 11.0. The van der Waals surface area contributed by atoms with Crippen molar-refractivity contribution in [2.24, 2.45) is 0 Å². The van der Waals surface area contributed by atoms with E-state index in [1.807, 2.05) is 29.9 Å². The van der Waals surface area contributed by atoms with Crippen molar-refractivity contribution in [3.8, 4) is 0 Å². The second-order valence-corrected chi connectivity index (χ2v) is 5.79. The van der Waals surface area contributed by atoms with Crippen LogP contribution in [0.25, 0.3) is 10.9 Å². The molecule has 3 rings (SSSR count). The molecule has 2 N–H and O–H groups in total. The van der Waals surface area contributed by atoms with Crippen molar-refractivity contribution in [1.82, 2.24) is 9.97 Å². The van der Waals surface area contributed by atoms with E-state index in [2.05, 4.69) is 14.7 Å². The first kappa shape index (κ1) is 11.0. The van der Waals surface area contributed by atoms with Crippen LogP contribution in [0.3, 0.4) is 0 Å². The topological polar surface area (TPSA) is 40.7 Å². The number of aromatic amines is 1. The maximum absolute atomic E-state index is 6.07. The Morgan fingerprint density at radius 1 is 1.41 bits per heavy atom. The molecule has 3 aromatic rings. The van der Waals surface area contributed by atoms with Crippen LogP contribution in [0.5, 0.6) is 0 Å². The van der Waals surface area contributed by atoms with Crippen LogP contribution in [0.15, 0.2) is 40.3 Å². The molecule has 6 heteroatoms. The van der Waals surface area contributed by atoms with Gasteiger partial charge in [0.25, 0.3) is 0 Å². The Balaban J connectivity index is 1.90. The molecule has 0 aliphatic rings. The van der Waals surface area contributed by atoms with Gasteiger partial charge in [0, 0.05) is 11.6 Å². The van der Waals surface area contributed by atoms with Gasteiger partial charge in [-0.25, -0.2) is 0 Å². The number of thiazole rings is 1. The Bertz CT molecular complexity index is 633. The Morgan fingerprint density at radius 3 is 3.18 bits per heavy atom. The lowest BCUT2D eigenvalue weighted by Crippen LogP contribution is -1.86. The molecule has 1 aromatic carbocycles. The highest BCUT2D eigenvalue weighted by Gasteiger charge is 2.06. The van der Waals surface area contributed by atoms with E-state index >= 15 is 0 Å². The van der Waals surface area contributed by atoms with Crippen molar-refractivity contribution < 1.29 is 0 Å². The summed E-state index contributed by atoms with van der Waals surface area (Å²) in [6.45, 7) is 0. The fraction of sp³-hybridized carbons (Fsp3) is 0. The van der Waals surface area contributed by atoms with Crippen LogP contribution in [-0.4, -0.2) is 9.97 Å². The second-order valence-electron chi connectivity index (χ2n) is 3.39. The number of para-hydroxylation sites is 1. The molecule has 0 fully saturated rings. The van der Waals surface area contributed by atoms with Gasteiger partial charge in [0.15, 0.2) is 0 Å². The minimum Gasteiger partial charge on any atom is -0.358 e. The highest BCUT2D eigenvalue weighted by Crippen LogP contribution is 2.31. The fourth-order valence-electron chi connectivity index (χ4n) is 1.56. The van der Waals surface area contributed by atoms with Crippen LogP contribution in [0.2, 0.25) is 5.02 Å². The number of benzene rings is 1. The van der Waals surface area contributed by atoms with Crippen LogP contribution in [0.1, 0.15) is 0 Å². The zero-order chi connectivity index (χ0) is 11.7. The standard InChI is InChI=1S/C11H8ClN3S2/c12-8-4-14-11-7(8)2-1-3-9(11)15-17-10-5-13-6-16-10/h1-6,14-15H. The third-order valence-corrected chi connectivity index (χ3v) is 4.38. The Hall–Kier alpha value is -1.17. The quantitative estimate of drug-likeness (QED) is 0.699. The van der Waals surface area contributed by atoms with Crippen molar-refractivity contribution in [1.29, 1.82) is 0 Å². The van der Waals surface area contributed by atoms with Gasteiger partial charge in [0.1, 0.15) is 4.21 Å². The van der Waals surface area contributed by atoms with Gasteiger partial charge in [-0.3, -0.25) is 4.98 Å². The summed E-state index contributed by atoms with van der Waals surface area (Å²) in [5, 5.41) is 1.77. The molecule has 0 aliphatic carbocycles. The molecular formula is C11H8ClN3S2. The van der Waals surface area contributed by atoms with Crippen molar-refractivity contribution in [2.45, 2.75) is 4.21 Å². The van der Waals surface area contributed by atoms with E-state index in [9.17, 15) is 0 Å². The van der Waals surface area contributed by atoms with E-state index in [-0.39, 0.29) is 0 Å². The minimum atomic E-state index is 0.742. The van der Waals surface area contributed by atoms with E-state index in [1.54, 1.807) is 29.5 Å². The van der Waals surface area contributed by atoms with Crippen LogP contribution in [0, 0.1) is 0 Å². The third-order valence-electron chi connectivity index (χ3n) is 2.34. The summed E-state index contributed by atoms with van der Waals surface area (Å²) in [4.78, 5) is 7.20. The number of nitrogens with zero attached hydrogens (tertiary/aromatic N) is 1. The first-order valence-corrected chi connectivity index (χ1v) is 6.99. The highest BCUT2D eigenvalue weighted by molar-refractivity contribution is 8.02. The molecule has 0 spiro atoms. The van der Waals surface area contributed by atoms with Crippen molar-refractivity contribution in [2.75, 3.05) is 4.72 Å². The Morgan fingerprint density at radius 2 is 2.35 bits per heavy atom. The maximum atomic E-state index is 6.07. The van der Waals surface area contributed by atoms with Gasteiger partial charge in [-0.1, -0.05) is 23.7 Å². The summed E-state index contributed by atoms with van der Waals surface area (Å²) in [7, 11) is 0. The van der Waals surface area contributed by atoms with Gasteiger partial charge >= 0.3 is 0 Å². The first-order valence-electron chi connectivity index (χ1n) is 4.91. The maximum Gasteiger partial charge on any atom is 0.101 e. The normalized spacial score (nSPS) is 10.9. The highest BCUT2D eigenvalue weighted by atomic mass is 35.5. The molecule has 0 bridgehead atoms.